The number of carbonyl (C=O) groups is 1. The lowest BCUT2D eigenvalue weighted by atomic mass is 9.95. The topological polar surface area (TPSA) is 74.2 Å². The zero-order chi connectivity index (χ0) is 17.4. The van der Waals surface area contributed by atoms with Crippen LogP contribution in [0.5, 0.6) is 0 Å². The van der Waals surface area contributed by atoms with Crippen molar-refractivity contribution in [2.24, 2.45) is 0 Å². The predicted molar refractivity (Wildman–Crippen MR) is 93.6 cm³/mol. The number of benzene rings is 1. The van der Waals surface area contributed by atoms with Crippen molar-refractivity contribution >= 4 is 23.3 Å². The second-order valence-corrected chi connectivity index (χ2v) is 7.06. The van der Waals surface area contributed by atoms with Gasteiger partial charge < -0.3 is 5.11 Å². The van der Waals surface area contributed by atoms with Gasteiger partial charge in [0, 0.05) is 16.8 Å². The van der Waals surface area contributed by atoms with E-state index < -0.39 is 11.0 Å². The zero-order valence-electron chi connectivity index (χ0n) is 13.6. The highest BCUT2D eigenvalue weighted by molar-refractivity contribution is 6.30. The Bertz CT molecular complexity index is 750. The van der Waals surface area contributed by atoms with Crippen LogP contribution in [-0.4, -0.2) is 16.0 Å². The molecule has 1 amide bonds. The molecule has 1 fully saturated rings. The first kappa shape index (κ1) is 16.7. The normalized spacial score (nSPS) is 15.7. The molecule has 1 aliphatic carbocycles. The smallest absolute Gasteiger partial charge is 0.248 e. The van der Waals surface area contributed by atoms with Gasteiger partial charge in [0.25, 0.3) is 0 Å². The van der Waals surface area contributed by atoms with E-state index in [-0.39, 0.29) is 5.91 Å². The van der Waals surface area contributed by atoms with E-state index in [2.05, 4.69) is 15.8 Å². The number of nitrogens with zero attached hydrogens (tertiary/aromatic N) is 1. The third-order valence-corrected chi connectivity index (χ3v) is 4.59. The van der Waals surface area contributed by atoms with Gasteiger partial charge in [-0.25, -0.2) is 4.98 Å². The predicted octanol–water partition coefficient (Wildman–Crippen LogP) is 3.14. The van der Waals surface area contributed by atoms with Crippen molar-refractivity contribution in [3.8, 4) is 0 Å². The Morgan fingerprint density at radius 3 is 2.50 bits per heavy atom. The molecule has 24 heavy (non-hydrogen) atoms. The average molecular weight is 346 g/mol. The van der Waals surface area contributed by atoms with Crippen LogP contribution in [0.3, 0.4) is 0 Å². The van der Waals surface area contributed by atoms with E-state index in [1.54, 1.807) is 44.3 Å². The molecule has 1 aliphatic rings. The summed E-state index contributed by atoms with van der Waals surface area (Å²) in [6.07, 6.45) is 3.20. The van der Waals surface area contributed by atoms with Crippen molar-refractivity contribution in [2.75, 3.05) is 5.43 Å². The molecule has 1 heterocycles. The Labute approximate surface area is 146 Å². The summed E-state index contributed by atoms with van der Waals surface area (Å²) in [6.45, 7) is 3.35. The van der Waals surface area contributed by atoms with Crippen molar-refractivity contribution in [1.29, 1.82) is 0 Å². The van der Waals surface area contributed by atoms with Crippen LogP contribution in [0.4, 0.5) is 5.82 Å². The molecule has 0 saturated heterocycles. The number of carbonyl (C=O) groups excluding carboxylic acids is 1. The number of aliphatic hydroxyl groups is 1. The first-order valence-electron chi connectivity index (χ1n) is 7.83. The lowest BCUT2D eigenvalue weighted by Gasteiger charge is -2.22. The maximum atomic E-state index is 12.7. The highest BCUT2D eigenvalue weighted by Gasteiger charge is 2.51. The fourth-order valence-corrected chi connectivity index (χ4v) is 2.90. The van der Waals surface area contributed by atoms with Crippen LogP contribution >= 0.6 is 11.6 Å². The molecular formula is C18H20ClN3O2. The van der Waals surface area contributed by atoms with E-state index in [1.807, 2.05) is 12.1 Å². The number of rotatable bonds is 5. The van der Waals surface area contributed by atoms with E-state index in [1.165, 1.54) is 0 Å². The van der Waals surface area contributed by atoms with Gasteiger partial charge in [-0.15, -0.1) is 0 Å². The minimum Gasteiger partial charge on any atom is -0.386 e. The number of hydrogen-bond donors (Lipinski definition) is 3. The first-order chi connectivity index (χ1) is 11.3. The molecule has 0 unspecified atom stereocenters. The Balaban J connectivity index is 1.74. The lowest BCUT2D eigenvalue weighted by molar-refractivity contribution is -0.123. The van der Waals surface area contributed by atoms with E-state index >= 15 is 0 Å². The SMILES string of the molecule is CC(C)(O)c1cccnc1NNC(=O)C1(c2ccc(Cl)cc2)CC1. The summed E-state index contributed by atoms with van der Waals surface area (Å²) in [5.74, 6) is 0.322. The van der Waals surface area contributed by atoms with Gasteiger partial charge in [-0.3, -0.25) is 15.6 Å². The molecule has 0 atom stereocenters. The van der Waals surface area contributed by atoms with Crippen LogP contribution in [0.25, 0.3) is 0 Å². The molecule has 3 rings (SSSR count). The standard InChI is InChI=1S/C18H20ClN3O2/c1-17(2,24)14-4-3-11-20-15(14)21-22-16(23)18(9-10-18)12-5-7-13(19)8-6-12/h3-8,11,24H,9-10H2,1-2H3,(H,20,21)(H,22,23). The van der Waals surface area contributed by atoms with Gasteiger partial charge in [-0.1, -0.05) is 29.8 Å². The molecule has 126 valence electrons. The summed E-state index contributed by atoms with van der Waals surface area (Å²) < 4.78 is 0. The summed E-state index contributed by atoms with van der Waals surface area (Å²) in [6, 6.07) is 10.9. The van der Waals surface area contributed by atoms with Crippen molar-refractivity contribution in [1.82, 2.24) is 10.4 Å². The van der Waals surface area contributed by atoms with E-state index in [0.29, 0.717) is 16.4 Å². The highest BCUT2D eigenvalue weighted by Crippen LogP contribution is 2.48. The Morgan fingerprint density at radius 2 is 1.92 bits per heavy atom. The molecule has 1 aromatic carbocycles. The summed E-state index contributed by atoms with van der Waals surface area (Å²) in [5, 5.41) is 10.9. The van der Waals surface area contributed by atoms with Crippen LogP contribution in [0, 0.1) is 0 Å². The molecule has 1 aromatic heterocycles. The second-order valence-electron chi connectivity index (χ2n) is 6.63. The summed E-state index contributed by atoms with van der Waals surface area (Å²) in [5.41, 5.74) is 5.57. The van der Waals surface area contributed by atoms with Crippen LogP contribution < -0.4 is 10.9 Å². The van der Waals surface area contributed by atoms with Gasteiger partial charge >= 0.3 is 0 Å². The number of pyridine rings is 1. The number of anilines is 1. The molecule has 2 aromatic rings. The fraction of sp³-hybridized carbons (Fsp3) is 0.333. The maximum absolute atomic E-state index is 12.7. The average Bonchev–Trinajstić information content (AvgIpc) is 3.34. The van der Waals surface area contributed by atoms with Crippen molar-refractivity contribution in [3.05, 3.63) is 58.7 Å². The van der Waals surface area contributed by atoms with Gasteiger partial charge in [0.1, 0.15) is 0 Å². The highest BCUT2D eigenvalue weighted by atomic mass is 35.5. The van der Waals surface area contributed by atoms with Crippen LogP contribution in [0.2, 0.25) is 5.02 Å². The Morgan fingerprint density at radius 1 is 1.25 bits per heavy atom. The quantitative estimate of drug-likeness (QED) is 0.728. The number of aromatic nitrogens is 1. The van der Waals surface area contributed by atoms with Gasteiger partial charge in [-0.05, 0) is 50.5 Å². The Hall–Kier alpha value is -2.11. The number of amides is 1. The summed E-state index contributed by atoms with van der Waals surface area (Å²) >= 11 is 5.92. The molecule has 1 saturated carbocycles. The fourth-order valence-electron chi connectivity index (χ4n) is 2.77. The van der Waals surface area contributed by atoms with E-state index in [9.17, 15) is 9.90 Å². The largest absolute Gasteiger partial charge is 0.386 e. The molecule has 0 spiro atoms. The molecule has 6 heteroatoms. The van der Waals surface area contributed by atoms with Gasteiger partial charge in [0.05, 0.1) is 11.0 Å². The molecule has 0 radical (unpaired) electrons. The van der Waals surface area contributed by atoms with Crippen molar-refractivity contribution in [3.63, 3.8) is 0 Å². The number of hydrogen-bond acceptors (Lipinski definition) is 4. The summed E-state index contributed by atoms with van der Waals surface area (Å²) in [4.78, 5) is 16.9. The van der Waals surface area contributed by atoms with Gasteiger partial charge in [0.2, 0.25) is 5.91 Å². The van der Waals surface area contributed by atoms with Crippen molar-refractivity contribution in [2.45, 2.75) is 37.7 Å². The van der Waals surface area contributed by atoms with E-state index in [0.717, 1.165) is 18.4 Å². The monoisotopic (exact) mass is 345 g/mol. The van der Waals surface area contributed by atoms with Crippen LogP contribution in [0.15, 0.2) is 42.6 Å². The zero-order valence-corrected chi connectivity index (χ0v) is 14.4. The number of hydrazine groups is 1. The lowest BCUT2D eigenvalue weighted by Crippen LogP contribution is -2.39. The van der Waals surface area contributed by atoms with Gasteiger partial charge in [-0.2, -0.15) is 0 Å². The van der Waals surface area contributed by atoms with Crippen molar-refractivity contribution < 1.29 is 9.90 Å². The minimum absolute atomic E-state index is 0.114. The number of nitrogens with one attached hydrogen (secondary N) is 2. The van der Waals surface area contributed by atoms with Crippen LogP contribution in [-0.2, 0) is 15.8 Å². The third kappa shape index (κ3) is 3.23. The maximum Gasteiger partial charge on any atom is 0.248 e. The molecule has 0 bridgehead atoms. The summed E-state index contributed by atoms with van der Waals surface area (Å²) in [7, 11) is 0. The second kappa shape index (κ2) is 6.07. The number of halogens is 1. The minimum atomic E-state index is -1.06. The molecule has 0 aliphatic heterocycles. The van der Waals surface area contributed by atoms with Crippen LogP contribution in [0.1, 0.15) is 37.8 Å². The molecule has 3 N–H and O–H groups in total. The van der Waals surface area contributed by atoms with Gasteiger partial charge in [0.15, 0.2) is 5.82 Å². The molecule has 5 nitrogen and oxygen atoms in total. The van der Waals surface area contributed by atoms with E-state index in [4.69, 9.17) is 11.6 Å². The molecular weight excluding hydrogens is 326 g/mol. The Kier molecular flexibility index (Phi) is 4.24. The third-order valence-electron chi connectivity index (χ3n) is 4.34. The first-order valence-corrected chi connectivity index (χ1v) is 8.21.